The third-order valence-electron chi connectivity index (χ3n) is 13.5. The molecule has 2 unspecified atom stereocenters. The van der Waals surface area contributed by atoms with Crippen LogP contribution in [0.3, 0.4) is 0 Å². The molecule has 7 rings (SSSR count). The van der Waals surface area contributed by atoms with Crippen molar-refractivity contribution in [3.8, 4) is 0 Å². The first-order valence-corrected chi connectivity index (χ1v) is 21.6. The van der Waals surface area contributed by atoms with Gasteiger partial charge in [0, 0.05) is 46.0 Å². The van der Waals surface area contributed by atoms with Crippen molar-refractivity contribution in [1.29, 1.82) is 0 Å². The number of ether oxygens (including phenoxy) is 9. The van der Waals surface area contributed by atoms with Crippen LogP contribution >= 0.6 is 0 Å². The van der Waals surface area contributed by atoms with Crippen LogP contribution in [0.15, 0.2) is 79.1 Å². The fraction of sp³-hybridized carbons (Fsp3) is 0.479. The molecule has 0 radical (unpaired) electrons. The molecule has 3 fully saturated rings. The van der Waals surface area contributed by atoms with Gasteiger partial charge in [0.1, 0.15) is 42.0 Å². The van der Waals surface area contributed by atoms with Gasteiger partial charge < -0.3 is 52.8 Å². The summed E-state index contributed by atoms with van der Waals surface area (Å²) in [4.78, 5) is 116. The van der Waals surface area contributed by atoms with E-state index in [1.54, 1.807) is 12.1 Å². The number of carbonyl (C=O) groups is 8. The molecule has 1 spiro atoms. The van der Waals surface area contributed by atoms with Gasteiger partial charge in [-0.3, -0.25) is 24.2 Å². The maximum absolute atomic E-state index is 14.9. The number of rotatable bonds is 9. The molecule has 3 aromatic rings. The average Bonchev–Trinajstić information content (AvgIpc) is 3.51. The van der Waals surface area contributed by atoms with Crippen molar-refractivity contribution in [2.24, 2.45) is 11.3 Å². The Morgan fingerprint density at radius 3 is 1.79 bits per heavy atom. The lowest BCUT2D eigenvalue weighted by molar-refractivity contribution is -0.385. The fourth-order valence-electron chi connectivity index (χ4n) is 10.4. The quantitative estimate of drug-likeness (QED) is 0.230. The van der Waals surface area contributed by atoms with E-state index in [1.807, 2.05) is 0 Å². The summed E-state index contributed by atoms with van der Waals surface area (Å²) in [6.45, 7) is 6.70. The molecule has 2 saturated carbocycles. The molecule has 1 saturated heterocycles. The summed E-state index contributed by atoms with van der Waals surface area (Å²) in [5.41, 5.74) is -13.9. The summed E-state index contributed by atoms with van der Waals surface area (Å²) in [5, 5.41) is 26.2. The minimum Gasteiger partial charge on any atom is -0.465 e. The zero-order valence-corrected chi connectivity index (χ0v) is 38.3. The SMILES string of the molecule is CC(=O)OC[C@]12[C@@H](OC(C)=O)[C@H](OC(C)=O)[C@H]3[C@@H](OC(=O)c4ccccc4)[C@@]14O[C@]3(C)COC(=O)c1cnccc1C(C)C(C)(O)C(=O)O[C@H]([C@@H](OC(=O)c1ccccc1)[C@@H]2OC(C)=O)[C@@]4(C)O. The molecule has 362 valence electrons. The predicted octanol–water partition coefficient (Wildman–Crippen LogP) is 2.74. The Hall–Kier alpha value is -6.77. The highest BCUT2D eigenvalue weighted by molar-refractivity contribution is 5.92. The van der Waals surface area contributed by atoms with Crippen LogP contribution < -0.4 is 0 Å². The highest BCUT2D eigenvalue weighted by Gasteiger charge is 2.92. The van der Waals surface area contributed by atoms with E-state index in [4.69, 9.17) is 42.6 Å². The summed E-state index contributed by atoms with van der Waals surface area (Å²) in [6.07, 6.45) is -10.6. The highest BCUT2D eigenvalue weighted by Crippen LogP contribution is 2.70. The normalized spacial score (nSPS) is 34.9. The van der Waals surface area contributed by atoms with Gasteiger partial charge in [0.15, 0.2) is 35.6 Å². The van der Waals surface area contributed by atoms with E-state index in [9.17, 15) is 48.6 Å². The summed E-state index contributed by atoms with van der Waals surface area (Å²) in [7, 11) is 0. The standard InChI is InChI=1S/C48H51NO19/c1-24-31-19-20-49-21-32(31)42(56)61-22-44(6)33-34(62-26(3)51)38(63-27(4)52)47(23-60-25(2)50)39(64-28(5)53)35(65-40(54)29-15-11-9-12-16-29)37(67-43(57)45(24,7)58)46(8,59)48(47,68-44)36(33)66-41(55)30-17-13-10-14-18-30/h9-21,24,33-39,58-59H,22-23H2,1-8H3/t24?,33-,34+,35+,36+,37+,38-,39-,44+,45?,46+,47+,48-/m0/s1. The van der Waals surface area contributed by atoms with Gasteiger partial charge >= 0.3 is 47.8 Å². The molecule has 1 aromatic heterocycles. The monoisotopic (exact) mass is 945 g/mol. The molecule has 2 N–H and O–H groups in total. The van der Waals surface area contributed by atoms with Crippen LogP contribution in [0.5, 0.6) is 0 Å². The zero-order chi connectivity index (χ0) is 49.7. The van der Waals surface area contributed by atoms with E-state index in [0.29, 0.717) is 0 Å². The molecule has 0 amide bonds. The third kappa shape index (κ3) is 8.02. The van der Waals surface area contributed by atoms with Gasteiger partial charge in [-0.1, -0.05) is 43.3 Å². The number of nitrogens with zero attached hydrogens (tertiary/aromatic N) is 1. The van der Waals surface area contributed by atoms with Crippen molar-refractivity contribution in [3.05, 3.63) is 101 Å². The van der Waals surface area contributed by atoms with Gasteiger partial charge in [0.05, 0.1) is 22.6 Å². The van der Waals surface area contributed by atoms with E-state index >= 15 is 0 Å². The molecular formula is C48H51NO19. The van der Waals surface area contributed by atoms with Crippen molar-refractivity contribution in [2.75, 3.05) is 13.2 Å². The van der Waals surface area contributed by atoms with Gasteiger partial charge in [0.2, 0.25) is 0 Å². The molecule has 4 bridgehead atoms. The van der Waals surface area contributed by atoms with E-state index in [0.717, 1.165) is 47.7 Å². The van der Waals surface area contributed by atoms with Crippen LogP contribution in [0, 0.1) is 11.3 Å². The van der Waals surface area contributed by atoms with Crippen molar-refractivity contribution >= 4 is 47.8 Å². The van der Waals surface area contributed by atoms with Crippen LogP contribution in [-0.4, -0.2) is 135 Å². The van der Waals surface area contributed by atoms with Crippen molar-refractivity contribution in [1.82, 2.24) is 4.98 Å². The smallest absolute Gasteiger partial charge is 0.340 e. The van der Waals surface area contributed by atoms with E-state index in [1.165, 1.54) is 74.6 Å². The summed E-state index contributed by atoms with van der Waals surface area (Å²) in [6, 6.07) is 16.1. The molecule has 13 atom stereocenters. The highest BCUT2D eigenvalue weighted by atomic mass is 16.7. The maximum Gasteiger partial charge on any atom is 0.340 e. The number of hydrogen-bond donors (Lipinski definition) is 2. The molecule has 2 aliphatic carbocycles. The second kappa shape index (κ2) is 18.0. The number of cyclic esters (lactones) is 1. The number of carbonyl (C=O) groups excluding carboxylic acids is 8. The van der Waals surface area contributed by atoms with Crippen molar-refractivity contribution < 1.29 is 91.2 Å². The van der Waals surface area contributed by atoms with E-state index < -0.39 is 137 Å². The summed E-state index contributed by atoms with van der Waals surface area (Å²) in [5.74, 6) is -12.2. The zero-order valence-electron chi connectivity index (χ0n) is 38.3. The number of benzene rings is 2. The third-order valence-corrected chi connectivity index (χ3v) is 13.5. The van der Waals surface area contributed by atoms with Gasteiger partial charge in [0.25, 0.3) is 0 Å². The Labute approximate surface area is 389 Å². The Morgan fingerprint density at radius 2 is 1.25 bits per heavy atom. The summed E-state index contributed by atoms with van der Waals surface area (Å²) < 4.78 is 56.1. The van der Waals surface area contributed by atoms with Crippen LogP contribution in [-0.2, 0) is 66.6 Å². The van der Waals surface area contributed by atoms with Gasteiger partial charge in [-0.25, -0.2) is 19.2 Å². The van der Waals surface area contributed by atoms with Crippen LogP contribution in [0.25, 0.3) is 0 Å². The van der Waals surface area contributed by atoms with Crippen LogP contribution in [0.4, 0.5) is 0 Å². The van der Waals surface area contributed by atoms with Crippen molar-refractivity contribution in [2.45, 2.75) is 120 Å². The number of aliphatic hydroxyl groups is 2. The Balaban J connectivity index is 1.66. The number of fused-ring (bicyclic) bond motifs is 5. The van der Waals surface area contributed by atoms with Crippen LogP contribution in [0.2, 0.25) is 0 Å². The minimum absolute atomic E-state index is 0.0414. The van der Waals surface area contributed by atoms with Crippen molar-refractivity contribution in [3.63, 3.8) is 0 Å². The Morgan fingerprint density at radius 1 is 0.706 bits per heavy atom. The van der Waals surface area contributed by atoms with Gasteiger partial charge in [-0.15, -0.1) is 0 Å². The predicted molar refractivity (Wildman–Crippen MR) is 227 cm³/mol. The number of esters is 8. The molecule has 3 heterocycles. The number of pyridine rings is 1. The molecular weight excluding hydrogens is 895 g/mol. The minimum atomic E-state index is -3.05. The first kappa shape index (κ1) is 49.1. The Kier molecular flexibility index (Phi) is 13.0. The van der Waals surface area contributed by atoms with Crippen LogP contribution in [0.1, 0.15) is 97.9 Å². The molecule has 4 aliphatic rings. The molecule has 2 aliphatic heterocycles. The van der Waals surface area contributed by atoms with E-state index in [2.05, 4.69) is 4.98 Å². The lowest BCUT2D eigenvalue weighted by atomic mass is 9.45. The molecule has 2 aromatic carbocycles. The Bertz CT molecular complexity index is 2510. The second-order valence-electron chi connectivity index (χ2n) is 17.9. The average molecular weight is 946 g/mol. The van der Waals surface area contributed by atoms with Gasteiger partial charge in [-0.05, 0) is 56.7 Å². The van der Waals surface area contributed by atoms with Gasteiger partial charge in [-0.2, -0.15) is 0 Å². The molecule has 20 heteroatoms. The number of hydrogen-bond acceptors (Lipinski definition) is 20. The second-order valence-corrected chi connectivity index (χ2v) is 17.9. The first-order valence-electron chi connectivity index (χ1n) is 21.6. The topological polar surface area (TPSA) is 273 Å². The lowest BCUT2D eigenvalue weighted by Gasteiger charge is -2.67. The maximum atomic E-state index is 14.9. The van der Waals surface area contributed by atoms with E-state index in [-0.39, 0.29) is 22.3 Å². The molecule has 68 heavy (non-hydrogen) atoms. The molecule has 20 nitrogen and oxygen atoms in total. The summed E-state index contributed by atoms with van der Waals surface area (Å²) >= 11 is 0. The lowest BCUT2D eigenvalue weighted by Crippen LogP contribution is -2.89. The first-order chi connectivity index (χ1) is 31.9. The largest absolute Gasteiger partial charge is 0.465 e. The fourth-order valence-corrected chi connectivity index (χ4v) is 10.4. The number of aromatic nitrogens is 1.